The Balaban J connectivity index is 1.56. The van der Waals surface area contributed by atoms with Crippen molar-refractivity contribution in [2.24, 2.45) is 0 Å². The fourth-order valence-electron chi connectivity index (χ4n) is 5.27. The molecule has 0 aliphatic heterocycles. The second kappa shape index (κ2) is 4.48. The molecule has 0 aromatic heterocycles. The molecule has 6 rings (SSSR count). The second-order valence-electron chi connectivity index (χ2n) is 7.35. The molecule has 0 fully saturated rings. The van der Waals surface area contributed by atoms with Crippen molar-refractivity contribution in [3.8, 4) is 0 Å². The van der Waals surface area contributed by atoms with Crippen molar-refractivity contribution in [1.29, 1.82) is 0 Å². The van der Waals surface area contributed by atoms with Crippen molar-refractivity contribution in [2.75, 3.05) is 0 Å². The quantitative estimate of drug-likeness (QED) is 0.406. The van der Waals surface area contributed by atoms with Gasteiger partial charge in [0.25, 0.3) is 0 Å². The van der Waals surface area contributed by atoms with Crippen molar-refractivity contribution in [1.82, 2.24) is 0 Å². The first-order valence-corrected chi connectivity index (χ1v) is 8.91. The van der Waals surface area contributed by atoms with Crippen LogP contribution in [0.4, 0.5) is 0 Å². The molecule has 0 nitrogen and oxygen atoms in total. The highest BCUT2D eigenvalue weighted by molar-refractivity contribution is 5.94. The molecular weight excluding hydrogens is 288 g/mol. The van der Waals surface area contributed by atoms with Crippen molar-refractivity contribution >= 4 is 21.5 Å². The van der Waals surface area contributed by atoms with Gasteiger partial charge in [-0.3, -0.25) is 0 Å². The van der Waals surface area contributed by atoms with Gasteiger partial charge in [0, 0.05) is 0 Å². The van der Waals surface area contributed by atoms with Gasteiger partial charge in [-0.2, -0.15) is 0 Å². The van der Waals surface area contributed by atoms with Gasteiger partial charge in [-0.15, -0.1) is 0 Å². The van der Waals surface area contributed by atoms with Gasteiger partial charge < -0.3 is 0 Å². The van der Waals surface area contributed by atoms with Crippen LogP contribution in [-0.4, -0.2) is 0 Å². The average Bonchev–Trinajstić information content (AvgIpc) is 3.18. The zero-order valence-electron chi connectivity index (χ0n) is 13.5. The fraction of sp³-hybridized carbons (Fsp3) is 0.167. The summed E-state index contributed by atoms with van der Waals surface area (Å²) < 4.78 is 0. The Labute approximate surface area is 141 Å². The molecule has 0 saturated carbocycles. The van der Waals surface area contributed by atoms with E-state index in [0.717, 1.165) is 0 Å². The number of hydrogen-bond acceptors (Lipinski definition) is 0. The first-order valence-electron chi connectivity index (χ1n) is 8.91. The molecule has 114 valence electrons. The minimum absolute atomic E-state index is 0.615. The maximum absolute atomic E-state index is 2.37. The van der Waals surface area contributed by atoms with Gasteiger partial charge in [-0.25, -0.2) is 0 Å². The van der Waals surface area contributed by atoms with E-state index in [4.69, 9.17) is 0 Å². The molecule has 0 amide bonds. The maximum Gasteiger partial charge on any atom is -0.00427 e. The van der Waals surface area contributed by atoms with Gasteiger partial charge in [0.05, 0.1) is 0 Å². The van der Waals surface area contributed by atoms with E-state index in [0.29, 0.717) is 11.8 Å². The number of rotatable bonds is 1. The smallest absolute Gasteiger partial charge is 0.00427 e. The zero-order chi connectivity index (χ0) is 15.7. The first-order chi connectivity index (χ1) is 11.9. The van der Waals surface area contributed by atoms with Crippen molar-refractivity contribution in [3.63, 3.8) is 0 Å². The van der Waals surface area contributed by atoms with Crippen LogP contribution < -0.4 is 0 Å². The molecule has 0 N–H and O–H groups in total. The van der Waals surface area contributed by atoms with Gasteiger partial charge in [0.2, 0.25) is 0 Å². The summed E-state index contributed by atoms with van der Waals surface area (Å²) in [6.45, 7) is 0. The lowest BCUT2D eigenvalue weighted by Gasteiger charge is -2.21. The number of hydrogen-bond donors (Lipinski definition) is 0. The third-order valence-electron chi connectivity index (χ3n) is 6.21. The molecule has 4 aromatic rings. The van der Waals surface area contributed by atoms with Crippen LogP contribution in [0.25, 0.3) is 21.5 Å². The van der Waals surface area contributed by atoms with Gasteiger partial charge in [-0.05, 0) is 68.5 Å². The SMILES string of the molecule is c1cc2c3c(cccc3c1)C(C1Cc3cccc4cccc1c34)C2. The normalized spacial score (nSPS) is 21.0. The zero-order valence-corrected chi connectivity index (χ0v) is 13.5. The summed E-state index contributed by atoms with van der Waals surface area (Å²) in [6.07, 6.45) is 2.37. The Kier molecular flexibility index (Phi) is 2.38. The molecule has 4 aromatic carbocycles. The Hall–Kier alpha value is -2.60. The minimum atomic E-state index is 0.615. The van der Waals surface area contributed by atoms with Gasteiger partial charge in [0.15, 0.2) is 0 Å². The molecule has 2 unspecified atom stereocenters. The summed E-state index contributed by atoms with van der Waals surface area (Å²) in [5.41, 5.74) is 6.21. The number of benzene rings is 4. The van der Waals surface area contributed by atoms with Gasteiger partial charge in [-0.1, -0.05) is 72.8 Å². The molecule has 2 aliphatic carbocycles. The van der Waals surface area contributed by atoms with Crippen LogP contribution in [-0.2, 0) is 12.8 Å². The Bertz CT molecular complexity index is 1020. The fourth-order valence-corrected chi connectivity index (χ4v) is 5.27. The molecule has 0 bridgehead atoms. The van der Waals surface area contributed by atoms with Crippen LogP contribution in [0.5, 0.6) is 0 Å². The Morgan fingerprint density at radius 2 is 0.917 bits per heavy atom. The lowest BCUT2D eigenvalue weighted by atomic mass is 9.82. The molecule has 2 atom stereocenters. The van der Waals surface area contributed by atoms with Crippen molar-refractivity contribution < 1.29 is 0 Å². The monoisotopic (exact) mass is 306 g/mol. The summed E-state index contributed by atoms with van der Waals surface area (Å²) in [6, 6.07) is 27.3. The molecular formula is C24H18. The topological polar surface area (TPSA) is 0 Å². The van der Waals surface area contributed by atoms with Crippen molar-refractivity contribution in [3.05, 3.63) is 95.1 Å². The largest absolute Gasteiger partial charge is 0.0614 e. The van der Waals surface area contributed by atoms with E-state index in [1.807, 2.05) is 0 Å². The van der Waals surface area contributed by atoms with E-state index in [1.54, 1.807) is 11.1 Å². The standard InChI is InChI=1S/C24H18/c1-5-15-7-3-11-19-21(13-17(9-1)23(15)19)22-14-18-10-2-6-16-8-4-12-20(22)24(16)18/h1-12,21-22H,13-14H2. The lowest BCUT2D eigenvalue weighted by Crippen LogP contribution is -2.09. The highest BCUT2D eigenvalue weighted by Crippen LogP contribution is 2.51. The third-order valence-corrected chi connectivity index (χ3v) is 6.21. The van der Waals surface area contributed by atoms with Crippen LogP contribution in [0.2, 0.25) is 0 Å². The average molecular weight is 306 g/mol. The highest BCUT2D eigenvalue weighted by Gasteiger charge is 2.35. The van der Waals surface area contributed by atoms with Crippen LogP contribution in [0.3, 0.4) is 0 Å². The predicted molar refractivity (Wildman–Crippen MR) is 101 cm³/mol. The maximum atomic E-state index is 2.37. The van der Waals surface area contributed by atoms with Gasteiger partial charge >= 0.3 is 0 Å². The first kappa shape index (κ1) is 12.8. The summed E-state index contributed by atoms with van der Waals surface area (Å²) in [5, 5.41) is 5.85. The van der Waals surface area contributed by atoms with Crippen LogP contribution >= 0.6 is 0 Å². The molecule has 0 spiro atoms. The van der Waals surface area contributed by atoms with E-state index in [2.05, 4.69) is 72.8 Å². The highest BCUT2D eigenvalue weighted by atomic mass is 14.4. The second-order valence-corrected chi connectivity index (χ2v) is 7.35. The Morgan fingerprint density at radius 1 is 0.500 bits per heavy atom. The van der Waals surface area contributed by atoms with E-state index in [1.165, 1.54) is 45.5 Å². The molecule has 0 heterocycles. The molecule has 24 heavy (non-hydrogen) atoms. The lowest BCUT2D eigenvalue weighted by molar-refractivity contribution is 0.563. The van der Waals surface area contributed by atoms with Crippen LogP contribution in [0.1, 0.15) is 34.1 Å². The van der Waals surface area contributed by atoms with E-state index >= 15 is 0 Å². The summed E-state index contributed by atoms with van der Waals surface area (Å²) in [7, 11) is 0. The molecule has 2 aliphatic rings. The minimum Gasteiger partial charge on any atom is -0.0614 e. The molecule has 0 saturated heterocycles. The van der Waals surface area contributed by atoms with E-state index in [9.17, 15) is 0 Å². The van der Waals surface area contributed by atoms with E-state index in [-0.39, 0.29) is 0 Å². The third kappa shape index (κ3) is 1.54. The predicted octanol–water partition coefficient (Wildman–Crippen LogP) is 5.97. The molecule has 0 heteroatoms. The van der Waals surface area contributed by atoms with Gasteiger partial charge in [0.1, 0.15) is 0 Å². The summed E-state index contributed by atoms with van der Waals surface area (Å²) >= 11 is 0. The van der Waals surface area contributed by atoms with Crippen LogP contribution in [0.15, 0.2) is 72.8 Å². The Morgan fingerprint density at radius 3 is 1.38 bits per heavy atom. The summed E-state index contributed by atoms with van der Waals surface area (Å²) in [5.74, 6) is 1.23. The summed E-state index contributed by atoms with van der Waals surface area (Å²) in [4.78, 5) is 0. The van der Waals surface area contributed by atoms with Crippen molar-refractivity contribution in [2.45, 2.75) is 24.7 Å². The van der Waals surface area contributed by atoms with Crippen LogP contribution in [0, 0.1) is 0 Å². The molecule has 0 radical (unpaired) electrons. The van der Waals surface area contributed by atoms with E-state index < -0.39 is 0 Å².